The number of rotatable bonds is 9. The van der Waals surface area contributed by atoms with Crippen LogP contribution in [0.5, 0.6) is 0 Å². The Morgan fingerprint density at radius 1 is 1.12 bits per heavy atom. The maximum absolute atomic E-state index is 11.5. The number of hydrogen-bond donors (Lipinski definition) is 0. The molecule has 0 heterocycles. The van der Waals surface area contributed by atoms with Crippen LogP contribution >= 0.6 is 0 Å². The Bertz CT molecular complexity index is 196. The van der Waals surface area contributed by atoms with Gasteiger partial charge in [0.2, 0.25) is 0 Å². The predicted octanol–water partition coefficient (Wildman–Crippen LogP) is 1.20. The van der Waals surface area contributed by atoms with Crippen molar-refractivity contribution >= 4 is 5.78 Å². The summed E-state index contributed by atoms with van der Waals surface area (Å²) in [6.45, 7) is 9.35. The first-order valence-corrected chi connectivity index (χ1v) is 5.65. The van der Waals surface area contributed by atoms with Crippen LogP contribution in [0.2, 0.25) is 0 Å². The molecular weight excluding hydrogens is 206 g/mol. The van der Waals surface area contributed by atoms with Gasteiger partial charge in [0.15, 0.2) is 0 Å². The van der Waals surface area contributed by atoms with E-state index in [1.807, 2.05) is 13.8 Å². The molecule has 0 bridgehead atoms. The topological polar surface area (TPSA) is 38.8 Å². The first-order valence-electron chi connectivity index (χ1n) is 5.65. The van der Waals surface area contributed by atoms with Crippen molar-refractivity contribution < 1.29 is 14.3 Å². The highest BCUT2D eigenvalue weighted by Gasteiger charge is 2.26. The maximum atomic E-state index is 11.5. The molecule has 96 valence electrons. The van der Waals surface area contributed by atoms with Crippen LogP contribution < -0.4 is 0 Å². The van der Waals surface area contributed by atoms with Crippen LogP contribution in [-0.2, 0) is 14.3 Å². The second-order valence-corrected chi connectivity index (χ2v) is 4.70. The Kier molecular flexibility index (Phi) is 7.55. The largest absolute Gasteiger partial charge is 0.383 e. The van der Waals surface area contributed by atoms with Gasteiger partial charge in [0.1, 0.15) is 5.78 Å². The Balaban J connectivity index is 4.22. The maximum Gasteiger partial charge on any atom is 0.136 e. The number of ketones is 1. The lowest BCUT2D eigenvalue weighted by Crippen LogP contribution is -2.41. The number of Topliss-reactive ketones (excluding diaryl/α,β-unsaturated/α-hetero) is 1. The summed E-state index contributed by atoms with van der Waals surface area (Å²) in [4.78, 5) is 13.7. The van der Waals surface area contributed by atoms with Gasteiger partial charge in [-0.25, -0.2) is 0 Å². The van der Waals surface area contributed by atoms with Crippen LogP contribution in [0.1, 0.15) is 20.8 Å². The summed E-state index contributed by atoms with van der Waals surface area (Å²) < 4.78 is 10.1. The molecule has 4 heteroatoms. The van der Waals surface area contributed by atoms with Crippen LogP contribution in [-0.4, -0.2) is 57.8 Å². The van der Waals surface area contributed by atoms with E-state index in [0.29, 0.717) is 13.2 Å². The van der Waals surface area contributed by atoms with Gasteiger partial charge < -0.3 is 9.47 Å². The zero-order chi connectivity index (χ0) is 12.6. The van der Waals surface area contributed by atoms with Crippen molar-refractivity contribution in [2.75, 3.05) is 47.1 Å². The monoisotopic (exact) mass is 231 g/mol. The quantitative estimate of drug-likeness (QED) is 0.597. The molecule has 0 fully saturated rings. The van der Waals surface area contributed by atoms with Crippen molar-refractivity contribution in [2.45, 2.75) is 20.8 Å². The average Bonchev–Trinajstić information content (AvgIpc) is 2.21. The summed E-state index contributed by atoms with van der Waals surface area (Å²) in [7, 11) is 3.37. The first kappa shape index (κ1) is 15.6. The van der Waals surface area contributed by atoms with Gasteiger partial charge >= 0.3 is 0 Å². The van der Waals surface area contributed by atoms with Crippen molar-refractivity contribution in [3.63, 3.8) is 0 Å². The molecule has 0 radical (unpaired) electrons. The van der Waals surface area contributed by atoms with Gasteiger partial charge in [0.25, 0.3) is 0 Å². The van der Waals surface area contributed by atoms with Crippen LogP contribution in [0.3, 0.4) is 0 Å². The third-order valence-corrected chi connectivity index (χ3v) is 2.80. The van der Waals surface area contributed by atoms with E-state index < -0.39 is 0 Å². The molecule has 16 heavy (non-hydrogen) atoms. The van der Waals surface area contributed by atoms with Crippen molar-refractivity contribution in [3.8, 4) is 0 Å². The Morgan fingerprint density at radius 2 is 1.56 bits per heavy atom. The molecule has 0 atom stereocenters. The van der Waals surface area contributed by atoms with E-state index in [4.69, 9.17) is 9.47 Å². The smallest absolute Gasteiger partial charge is 0.136 e. The summed E-state index contributed by atoms with van der Waals surface area (Å²) >= 11 is 0. The fourth-order valence-electron chi connectivity index (χ4n) is 1.38. The van der Waals surface area contributed by atoms with Crippen molar-refractivity contribution in [3.05, 3.63) is 0 Å². The van der Waals surface area contributed by atoms with Gasteiger partial charge in [-0.05, 0) is 6.92 Å². The minimum absolute atomic E-state index is 0.215. The zero-order valence-electron chi connectivity index (χ0n) is 11.2. The van der Waals surface area contributed by atoms with Crippen LogP contribution in [0.25, 0.3) is 0 Å². The van der Waals surface area contributed by atoms with Gasteiger partial charge in [-0.3, -0.25) is 9.69 Å². The van der Waals surface area contributed by atoms with E-state index in [0.717, 1.165) is 19.6 Å². The van der Waals surface area contributed by atoms with Gasteiger partial charge in [-0.15, -0.1) is 0 Å². The lowest BCUT2D eigenvalue weighted by atomic mass is 9.88. The van der Waals surface area contributed by atoms with E-state index in [1.54, 1.807) is 21.1 Å². The summed E-state index contributed by atoms with van der Waals surface area (Å²) in [5, 5.41) is 0. The van der Waals surface area contributed by atoms with Gasteiger partial charge in [0.05, 0.1) is 13.2 Å². The summed E-state index contributed by atoms with van der Waals surface area (Å²) in [5.74, 6) is 0.215. The highest BCUT2D eigenvalue weighted by molar-refractivity contribution is 5.81. The summed E-state index contributed by atoms with van der Waals surface area (Å²) in [6.07, 6.45) is 0. The molecule has 0 aliphatic rings. The molecule has 0 aliphatic carbocycles. The normalized spacial score (nSPS) is 12.1. The molecule has 0 rings (SSSR count). The number of carbonyl (C=O) groups is 1. The summed E-state index contributed by atoms with van der Waals surface area (Å²) in [5.41, 5.74) is -0.304. The van der Waals surface area contributed by atoms with Gasteiger partial charge in [-0.1, -0.05) is 13.8 Å². The van der Waals surface area contributed by atoms with Crippen molar-refractivity contribution in [1.29, 1.82) is 0 Å². The molecule has 0 aliphatic heterocycles. The number of ether oxygens (including phenoxy) is 2. The third-order valence-electron chi connectivity index (χ3n) is 2.80. The Hall–Kier alpha value is -0.450. The highest BCUT2D eigenvalue weighted by Crippen LogP contribution is 2.17. The molecule has 0 saturated heterocycles. The lowest BCUT2D eigenvalue weighted by Gasteiger charge is -2.30. The molecule has 0 unspecified atom stereocenters. The van der Waals surface area contributed by atoms with Gasteiger partial charge in [0, 0.05) is 39.3 Å². The van der Waals surface area contributed by atoms with Crippen LogP contribution in [0.15, 0.2) is 0 Å². The lowest BCUT2D eigenvalue weighted by molar-refractivity contribution is -0.126. The molecule has 0 N–H and O–H groups in total. The molecule has 0 aromatic carbocycles. The number of methoxy groups -OCH3 is 2. The second kappa shape index (κ2) is 7.76. The molecular formula is C12H25NO3. The molecule has 0 amide bonds. The Morgan fingerprint density at radius 3 is 1.88 bits per heavy atom. The predicted molar refractivity (Wildman–Crippen MR) is 64.7 cm³/mol. The fraction of sp³-hybridized carbons (Fsp3) is 0.917. The minimum Gasteiger partial charge on any atom is -0.383 e. The molecule has 0 aromatic heterocycles. The van der Waals surface area contributed by atoms with E-state index >= 15 is 0 Å². The van der Waals surface area contributed by atoms with Crippen LogP contribution in [0, 0.1) is 5.41 Å². The van der Waals surface area contributed by atoms with E-state index in [9.17, 15) is 4.79 Å². The first-order chi connectivity index (χ1) is 7.44. The molecule has 0 aromatic rings. The van der Waals surface area contributed by atoms with E-state index in [1.165, 1.54) is 0 Å². The van der Waals surface area contributed by atoms with E-state index in [2.05, 4.69) is 4.90 Å². The van der Waals surface area contributed by atoms with Crippen molar-refractivity contribution in [1.82, 2.24) is 4.90 Å². The zero-order valence-corrected chi connectivity index (χ0v) is 11.2. The SMILES string of the molecule is COCCN(CCOC)CC(C)(C)C(C)=O. The summed E-state index contributed by atoms with van der Waals surface area (Å²) in [6, 6.07) is 0. The third kappa shape index (κ3) is 6.20. The Labute approximate surface area is 98.9 Å². The molecule has 0 spiro atoms. The number of carbonyl (C=O) groups excluding carboxylic acids is 1. The minimum atomic E-state index is -0.304. The highest BCUT2D eigenvalue weighted by atomic mass is 16.5. The van der Waals surface area contributed by atoms with Crippen molar-refractivity contribution in [2.24, 2.45) is 5.41 Å². The number of nitrogens with zero attached hydrogens (tertiary/aromatic N) is 1. The molecule has 4 nitrogen and oxygen atoms in total. The second-order valence-electron chi connectivity index (χ2n) is 4.70. The van der Waals surface area contributed by atoms with Gasteiger partial charge in [-0.2, -0.15) is 0 Å². The van der Waals surface area contributed by atoms with E-state index in [-0.39, 0.29) is 11.2 Å². The molecule has 0 saturated carbocycles. The average molecular weight is 231 g/mol. The standard InChI is InChI=1S/C12H25NO3/c1-11(14)12(2,3)10-13(6-8-15-4)7-9-16-5/h6-10H2,1-5H3. The van der Waals surface area contributed by atoms with Crippen LogP contribution in [0.4, 0.5) is 0 Å². The fourth-order valence-corrected chi connectivity index (χ4v) is 1.38. The number of hydrogen-bond acceptors (Lipinski definition) is 4.